The Bertz CT molecular complexity index is 3340. The summed E-state index contributed by atoms with van der Waals surface area (Å²) in [5.74, 6) is -2.68. The van der Waals surface area contributed by atoms with Crippen LogP contribution in [0.3, 0.4) is 0 Å². The van der Waals surface area contributed by atoms with Gasteiger partial charge in [-0.3, -0.25) is 29.2 Å². The molecule has 12 nitrogen and oxygen atoms in total. The van der Waals surface area contributed by atoms with Crippen molar-refractivity contribution in [2.45, 2.75) is 143 Å². The maximum Gasteiger partial charge on any atom is 0.343 e. The number of rotatable bonds is 8. The van der Waals surface area contributed by atoms with Gasteiger partial charge in [0.15, 0.2) is 0 Å². The molecule has 0 saturated heterocycles. The van der Waals surface area contributed by atoms with Gasteiger partial charge in [-0.2, -0.15) is 0 Å². The van der Waals surface area contributed by atoms with Crippen LogP contribution in [-0.2, 0) is 21.7 Å². The van der Waals surface area contributed by atoms with Gasteiger partial charge < -0.3 is 14.9 Å². The number of anilines is 2. The van der Waals surface area contributed by atoms with E-state index in [0.717, 1.165) is 52.2 Å². The molecule has 75 heavy (non-hydrogen) atoms. The van der Waals surface area contributed by atoms with Crippen LogP contribution in [0.5, 0.6) is 17.2 Å². The van der Waals surface area contributed by atoms with Gasteiger partial charge in [-0.05, 0) is 124 Å². The first-order valence-electron chi connectivity index (χ1n) is 25.8. The number of nitrogens with zero attached hydrogens (tertiary/aromatic N) is 4. The highest BCUT2D eigenvalue weighted by atomic mass is 16.5. The Balaban J connectivity index is 0.944. The van der Waals surface area contributed by atoms with Gasteiger partial charge in [0.1, 0.15) is 17.2 Å². The summed E-state index contributed by atoms with van der Waals surface area (Å²) in [6, 6.07) is 26.2. The molecule has 0 unspecified atom stereocenters. The van der Waals surface area contributed by atoms with Crippen molar-refractivity contribution in [1.82, 2.24) is 0 Å². The number of benzene rings is 6. The number of esters is 1. The number of amides is 4. The summed E-state index contributed by atoms with van der Waals surface area (Å²) in [4.78, 5) is 82.7. The fraction of sp³-hybridized carbons (Fsp3) is 0.349. The third kappa shape index (κ3) is 9.78. The quantitative estimate of drug-likeness (QED) is 0.0658. The van der Waals surface area contributed by atoms with Gasteiger partial charge in [-0.15, -0.1) is 0 Å². The monoisotopic (exact) mass is 1010 g/mol. The van der Waals surface area contributed by atoms with Gasteiger partial charge in [-0.1, -0.05) is 114 Å². The number of imide groups is 2. The minimum absolute atomic E-state index is 0.0183. The molecule has 0 radical (unpaired) electrons. The highest BCUT2D eigenvalue weighted by Gasteiger charge is 2.41. The predicted molar refractivity (Wildman–Crippen MR) is 296 cm³/mol. The van der Waals surface area contributed by atoms with Gasteiger partial charge in [0, 0.05) is 67.7 Å². The van der Waals surface area contributed by atoms with Crippen molar-refractivity contribution < 1.29 is 38.9 Å². The van der Waals surface area contributed by atoms with Crippen LogP contribution < -0.4 is 14.5 Å². The molecule has 4 amide bonds. The van der Waals surface area contributed by atoms with E-state index < -0.39 is 35.0 Å². The molecule has 2 atom stereocenters. The Hall–Kier alpha value is -7.73. The molecule has 6 aromatic rings. The normalized spacial score (nSPS) is 17.5. The van der Waals surface area contributed by atoms with E-state index in [0.29, 0.717) is 22.4 Å². The van der Waals surface area contributed by atoms with Gasteiger partial charge in [0.25, 0.3) is 23.6 Å². The summed E-state index contributed by atoms with van der Waals surface area (Å²) in [5, 5.41) is 23.6. The number of hydrogen-bond acceptors (Lipinski definition) is 10. The molecule has 1 aliphatic carbocycles. The van der Waals surface area contributed by atoms with Crippen molar-refractivity contribution in [3.05, 3.63) is 158 Å². The van der Waals surface area contributed by atoms with Crippen molar-refractivity contribution in [2.75, 3.05) is 9.80 Å². The smallest absolute Gasteiger partial charge is 0.343 e. The largest absolute Gasteiger partial charge is 0.507 e. The van der Waals surface area contributed by atoms with E-state index in [1.165, 1.54) is 48.5 Å². The lowest BCUT2D eigenvalue weighted by Crippen LogP contribution is -2.43. The summed E-state index contributed by atoms with van der Waals surface area (Å²) in [5.41, 5.74) is 4.99. The molecule has 1 saturated carbocycles. The molecule has 3 aliphatic rings. The highest BCUT2D eigenvalue weighted by molar-refractivity contribution is 6.42. The summed E-state index contributed by atoms with van der Waals surface area (Å²) in [6.07, 6.45) is 6.94. The number of ether oxygens (including phenoxy) is 1. The van der Waals surface area contributed by atoms with Crippen LogP contribution in [0.2, 0.25) is 0 Å². The standard InChI is InChI=1S/C63H66N4O8/c1-60(2,3)38-19-23-41(24-20-38)67-57(72)45-27-25-43-51-44(26-28-46(52(45)51)58(67)73)56(71)66(55(43)70)40-21-17-35(18-22-40)59(74)75-42-30-37(54(69)48(32-42)63(10,11)12)34-65-50-16-14-13-15-49(50)64-33-36-29-39(61(4,5)6)31-47(53(36)68)62(7,8)9/h17-34,49-50,68-69H,13-16H2,1-12H3/t49-,50-/m1/s1. The Kier molecular flexibility index (Phi) is 13.1. The first kappa shape index (κ1) is 52.1. The summed E-state index contributed by atoms with van der Waals surface area (Å²) >= 11 is 0. The first-order valence-corrected chi connectivity index (χ1v) is 25.8. The molecule has 386 valence electrons. The molecule has 1 fully saturated rings. The number of phenolic OH excluding ortho intramolecular Hbond substituents is 2. The topological polar surface area (TPSA) is 166 Å². The minimum Gasteiger partial charge on any atom is -0.507 e. The van der Waals surface area contributed by atoms with Gasteiger partial charge in [-0.25, -0.2) is 14.6 Å². The second-order valence-corrected chi connectivity index (χ2v) is 24.3. The fourth-order valence-corrected chi connectivity index (χ4v) is 10.3. The molecule has 0 bridgehead atoms. The maximum atomic E-state index is 14.3. The third-order valence-electron chi connectivity index (χ3n) is 14.7. The minimum atomic E-state index is -0.709. The van der Waals surface area contributed by atoms with Crippen LogP contribution in [0.1, 0.15) is 194 Å². The molecule has 9 rings (SSSR count). The SMILES string of the molecule is CC(C)(C)c1ccc(N2C(=O)c3ccc4c5c(ccc(c35)C2=O)C(=O)N(c2ccc(C(=O)Oc3cc(C=N[C@@H]5CCCC[C@H]5N=Cc5cc(C(C)(C)C)cc(C(C)(C)C)c5O)c(O)c(C(C)(C)C)c3)cc2)C4=O)cc1. The van der Waals surface area contributed by atoms with E-state index >= 15 is 0 Å². The predicted octanol–water partition coefficient (Wildman–Crippen LogP) is 13.1. The molecular weight excluding hydrogens is 941 g/mol. The van der Waals surface area contributed by atoms with Crippen LogP contribution >= 0.6 is 0 Å². The van der Waals surface area contributed by atoms with E-state index in [4.69, 9.17) is 14.7 Å². The van der Waals surface area contributed by atoms with E-state index in [9.17, 15) is 34.2 Å². The fourth-order valence-electron chi connectivity index (χ4n) is 10.3. The first-order chi connectivity index (χ1) is 35.1. The Morgan fingerprint density at radius 2 is 0.893 bits per heavy atom. The van der Waals surface area contributed by atoms with Crippen LogP contribution in [-0.4, -0.2) is 64.3 Å². The van der Waals surface area contributed by atoms with Crippen molar-refractivity contribution in [3.8, 4) is 17.2 Å². The third-order valence-corrected chi connectivity index (χ3v) is 14.7. The van der Waals surface area contributed by atoms with Gasteiger partial charge in [0.2, 0.25) is 0 Å². The molecule has 2 N–H and O–H groups in total. The van der Waals surface area contributed by atoms with E-state index in [-0.39, 0.29) is 89.9 Å². The zero-order valence-electron chi connectivity index (χ0n) is 45.0. The van der Waals surface area contributed by atoms with E-state index in [1.54, 1.807) is 36.7 Å². The molecule has 2 heterocycles. The number of carbonyl (C=O) groups is 5. The lowest BCUT2D eigenvalue weighted by atomic mass is 9.79. The highest BCUT2D eigenvalue weighted by Crippen LogP contribution is 2.42. The van der Waals surface area contributed by atoms with Crippen molar-refractivity contribution >= 4 is 64.2 Å². The van der Waals surface area contributed by atoms with Crippen LogP contribution in [0.15, 0.2) is 107 Å². The Morgan fingerprint density at radius 3 is 1.29 bits per heavy atom. The number of hydrogen-bond donors (Lipinski definition) is 2. The van der Waals surface area contributed by atoms with Gasteiger partial charge in [0.05, 0.1) is 29.0 Å². The summed E-state index contributed by atoms with van der Waals surface area (Å²) in [6.45, 7) is 24.8. The Labute approximate surface area is 439 Å². The number of carbonyl (C=O) groups excluding carboxylic acids is 5. The molecule has 0 spiro atoms. The van der Waals surface area contributed by atoms with Crippen molar-refractivity contribution in [1.29, 1.82) is 0 Å². The number of phenols is 2. The second-order valence-electron chi connectivity index (χ2n) is 24.3. The second kappa shape index (κ2) is 18.9. The molecule has 0 aromatic heterocycles. The van der Waals surface area contributed by atoms with Crippen LogP contribution in [0.25, 0.3) is 10.8 Å². The summed E-state index contributed by atoms with van der Waals surface area (Å²) < 4.78 is 5.97. The molecule has 2 aliphatic heterocycles. The summed E-state index contributed by atoms with van der Waals surface area (Å²) in [7, 11) is 0. The number of aromatic hydroxyl groups is 2. The average molecular weight is 1010 g/mol. The zero-order valence-corrected chi connectivity index (χ0v) is 45.0. The Morgan fingerprint density at radius 1 is 0.507 bits per heavy atom. The maximum absolute atomic E-state index is 14.3. The average Bonchev–Trinajstić information content (AvgIpc) is 3.34. The van der Waals surface area contributed by atoms with Crippen molar-refractivity contribution in [2.24, 2.45) is 9.98 Å². The van der Waals surface area contributed by atoms with E-state index in [1.807, 2.05) is 39.0 Å². The lowest BCUT2D eigenvalue weighted by Gasteiger charge is -2.32. The van der Waals surface area contributed by atoms with Gasteiger partial charge >= 0.3 is 5.97 Å². The number of aliphatic imine (C=N–C) groups is 2. The van der Waals surface area contributed by atoms with Crippen LogP contribution in [0.4, 0.5) is 11.4 Å². The van der Waals surface area contributed by atoms with E-state index in [2.05, 4.69) is 68.4 Å². The van der Waals surface area contributed by atoms with Crippen molar-refractivity contribution in [3.63, 3.8) is 0 Å². The molecular formula is C63H66N4O8. The molecule has 12 heteroatoms. The van der Waals surface area contributed by atoms with Crippen LogP contribution in [0, 0.1) is 0 Å². The zero-order chi connectivity index (χ0) is 54.3. The lowest BCUT2D eigenvalue weighted by molar-refractivity contribution is 0.0733. The molecule has 6 aromatic carbocycles.